The van der Waals surface area contributed by atoms with Gasteiger partial charge in [-0.15, -0.1) is 0 Å². The number of hydrogen-bond donors (Lipinski definition) is 0. The highest BCUT2D eigenvalue weighted by molar-refractivity contribution is 6.23. The van der Waals surface area contributed by atoms with Gasteiger partial charge in [0.1, 0.15) is 17.5 Å². The monoisotopic (exact) mass is 329 g/mol. The lowest BCUT2D eigenvalue weighted by molar-refractivity contribution is 0.571. The van der Waals surface area contributed by atoms with E-state index >= 15 is 0 Å². The second-order valence-electron chi connectivity index (χ2n) is 7.00. The summed E-state index contributed by atoms with van der Waals surface area (Å²) in [6, 6.07) is 10.1. The van der Waals surface area contributed by atoms with E-state index in [9.17, 15) is 0 Å². The molecule has 0 saturated heterocycles. The van der Waals surface area contributed by atoms with E-state index in [0.29, 0.717) is 11.8 Å². The zero-order valence-electron chi connectivity index (χ0n) is 14.5. The third-order valence-electron chi connectivity index (χ3n) is 3.91. The van der Waals surface area contributed by atoms with E-state index in [4.69, 9.17) is 0 Å². The third-order valence-corrected chi connectivity index (χ3v) is 3.91. The van der Waals surface area contributed by atoms with Gasteiger partial charge in [0.2, 0.25) is 5.96 Å². The second-order valence-corrected chi connectivity index (χ2v) is 7.00. The molecule has 3 heterocycles. The smallest absolute Gasteiger partial charge is 0.240 e. The van der Waals surface area contributed by atoms with Gasteiger partial charge in [0, 0.05) is 5.41 Å². The normalized spacial score (nSPS) is 19.0. The minimum Gasteiger partial charge on any atom is -0.246 e. The average molecular weight is 329 g/mol. The van der Waals surface area contributed by atoms with Crippen LogP contribution in [-0.2, 0) is 0 Å². The Morgan fingerprint density at radius 2 is 1.72 bits per heavy atom. The van der Waals surface area contributed by atoms with E-state index in [-0.39, 0.29) is 5.41 Å². The van der Waals surface area contributed by atoms with Crippen LogP contribution < -0.4 is 0 Å². The zero-order valence-corrected chi connectivity index (χ0v) is 14.5. The maximum absolute atomic E-state index is 4.68. The highest BCUT2D eigenvalue weighted by Crippen LogP contribution is 2.28. The number of rotatable bonds is 2. The summed E-state index contributed by atoms with van der Waals surface area (Å²) in [5, 5.41) is 0. The van der Waals surface area contributed by atoms with E-state index in [1.807, 2.05) is 65.6 Å². The molecule has 1 aromatic carbocycles. The Bertz CT molecular complexity index is 919. The van der Waals surface area contributed by atoms with Crippen LogP contribution in [-0.4, -0.2) is 28.4 Å². The van der Waals surface area contributed by atoms with Crippen LogP contribution in [0.4, 0.5) is 0 Å². The highest BCUT2D eigenvalue weighted by atomic mass is 15.4. The fraction of sp³-hybridized carbons (Fsp3) is 0.200. The molecule has 0 bridgehead atoms. The first-order valence-electron chi connectivity index (χ1n) is 8.28. The van der Waals surface area contributed by atoms with Crippen LogP contribution in [0.3, 0.4) is 0 Å². The van der Waals surface area contributed by atoms with Crippen LogP contribution in [0.1, 0.15) is 26.3 Å². The minimum absolute atomic E-state index is 0.147. The molecule has 3 aliphatic heterocycles. The molecule has 4 rings (SSSR count). The van der Waals surface area contributed by atoms with Crippen molar-refractivity contribution in [2.75, 3.05) is 0 Å². The van der Waals surface area contributed by atoms with E-state index in [0.717, 1.165) is 23.1 Å². The van der Waals surface area contributed by atoms with Crippen LogP contribution in [0.15, 0.2) is 80.4 Å². The van der Waals surface area contributed by atoms with Crippen molar-refractivity contribution in [2.24, 2.45) is 25.4 Å². The number of allylic oxidation sites excluding steroid dienone is 2. The van der Waals surface area contributed by atoms with Crippen molar-refractivity contribution in [3.8, 4) is 0 Å². The fourth-order valence-electron chi connectivity index (χ4n) is 2.61. The molecule has 0 amide bonds. The topological polar surface area (TPSA) is 52.7 Å². The van der Waals surface area contributed by atoms with Crippen molar-refractivity contribution >= 4 is 29.5 Å². The van der Waals surface area contributed by atoms with Crippen molar-refractivity contribution in [3.63, 3.8) is 0 Å². The third kappa shape index (κ3) is 3.01. The molecule has 124 valence electrons. The summed E-state index contributed by atoms with van der Waals surface area (Å²) in [4.78, 5) is 20.5. The molecule has 25 heavy (non-hydrogen) atoms. The molecule has 0 N–H and O–H groups in total. The number of aliphatic imine (C=N–C) groups is 4. The van der Waals surface area contributed by atoms with Crippen LogP contribution in [0.5, 0.6) is 0 Å². The molecule has 0 radical (unpaired) electrons. The van der Waals surface area contributed by atoms with Gasteiger partial charge in [-0.2, -0.15) is 9.98 Å². The van der Waals surface area contributed by atoms with Crippen molar-refractivity contribution < 1.29 is 0 Å². The number of benzene rings is 1. The Kier molecular flexibility index (Phi) is 3.57. The molecule has 0 unspecified atom stereocenters. The van der Waals surface area contributed by atoms with Gasteiger partial charge < -0.3 is 0 Å². The molecular weight excluding hydrogens is 310 g/mol. The molecule has 5 nitrogen and oxygen atoms in total. The summed E-state index contributed by atoms with van der Waals surface area (Å²) in [6.07, 6.45) is 9.78. The van der Waals surface area contributed by atoms with E-state index < -0.39 is 0 Å². The lowest BCUT2D eigenvalue weighted by Crippen LogP contribution is -2.42. The second kappa shape index (κ2) is 5.77. The van der Waals surface area contributed by atoms with Gasteiger partial charge in [-0.25, -0.2) is 14.9 Å². The number of nitrogens with zero attached hydrogens (tertiary/aromatic N) is 5. The van der Waals surface area contributed by atoms with Crippen LogP contribution in [0.25, 0.3) is 6.08 Å². The molecule has 0 fully saturated rings. The van der Waals surface area contributed by atoms with Gasteiger partial charge in [0.15, 0.2) is 5.84 Å². The first-order chi connectivity index (χ1) is 12.0. The van der Waals surface area contributed by atoms with E-state index in [1.165, 1.54) is 0 Å². The Hall–Kier alpha value is -3.08. The summed E-state index contributed by atoms with van der Waals surface area (Å²) in [6.45, 7) is 6.30. The fourth-order valence-corrected chi connectivity index (χ4v) is 2.61. The van der Waals surface area contributed by atoms with Crippen molar-refractivity contribution in [1.82, 2.24) is 4.90 Å². The average Bonchev–Trinajstić information content (AvgIpc) is 2.60. The summed E-state index contributed by atoms with van der Waals surface area (Å²) in [5.41, 5.74) is 0.959. The zero-order chi connectivity index (χ0) is 17.4. The summed E-state index contributed by atoms with van der Waals surface area (Å²) >= 11 is 0. The molecule has 0 aliphatic carbocycles. The number of guanidine groups is 1. The van der Waals surface area contributed by atoms with E-state index in [1.54, 1.807) is 0 Å². The van der Waals surface area contributed by atoms with Gasteiger partial charge >= 0.3 is 0 Å². The Labute approximate surface area is 147 Å². The molecule has 3 aliphatic rings. The summed E-state index contributed by atoms with van der Waals surface area (Å²) in [5.74, 6) is 3.63. The van der Waals surface area contributed by atoms with E-state index in [2.05, 4.69) is 40.7 Å². The Morgan fingerprint density at radius 1 is 0.920 bits per heavy atom. The maximum Gasteiger partial charge on any atom is 0.240 e. The van der Waals surface area contributed by atoms with Crippen LogP contribution in [0.2, 0.25) is 0 Å². The SMILES string of the molecule is CC(C)(C)C1=NC2=CC=CC3=NC(/C=C/c4ccccc4)=NC(=N1)N23. The molecule has 0 spiro atoms. The van der Waals surface area contributed by atoms with Crippen molar-refractivity contribution in [1.29, 1.82) is 0 Å². The number of hydrogen-bond acceptors (Lipinski definition) is 5. The molecule has 0 aromatic heterocycles. The summed E-state index contributed by atoms with van der Waals surface area (Å²) < 4.78 is 0. The highest BCUT2D eigenvalue weighted by Gasteiger charge is 2.32. The molecule has 0 atom stereocenters. The molecule has 0 saturated carbocycles. The first-order valence-corrected chi connectivity index (χ1v) is 8.28. The Morgan fingerprint density at radius 3 is 2.48 bits per heavy atom. The van der Waals surface area contributed by atoms with Gasteiger partial charge in [0.05, 0.1) is 0 Å². The quantitative estimate of drug-likeness (QED) is 0.808. The van der Waals surface area contributed by atoms with Gasteiger partial charge in [-0.1, -0.05) is 63.3 Å². The summed E-state index contributed by atoms with van der Waals surface area (Å²) in [7, 11) is 0. The lowest BCUT2D eigenvalue weighted by atomic mass is 9.95. The minimum atomic E-state index is -0.147. The first kappa shape index (κ1) is 15.4. The maximum atomic E-state index is 4.68. The lowest BCUT2D eigenvalue weighted by Gasteiger charge is -2.33. The largest absolute Gasteiger partial charge is 0.246 e. The van der Waals surface area contributed by atoms with Gasteiger partial charge in [-0.05, 0) is 23.8 Å². The predicted octanol–water partition coefficient (Wildman–Crippen LogP) is 4.04. The van der Waals surface area contributed by atoms with Gasteiger partial charge in [0.25, 0.3) is 0 Å². The standard InChI is InChI=1S/C20H19N5/c1-20(2,3)18-23-17-11-7-10-16-21-15(22-19(24-18)25(16)17)13-12-14-8-5-4-6-9-14/h4-13H,1-3H3/b13-12+. The predicted molar refractivity (Wildman–Crippen MR) is 104 cm³/mol. The number of amidine groups is 3. The van der Waals surface area contributed by atoms with Crippen LogP contribution >= 0.6 is 0 Å². The molecule has 5 heteroatoms. The van der Waals surface area contributed by atoms with Crippen LogP contribution in [0, 0.1) is 5.41 Å². The van der Waals surface area contributed by atoms with Crippen molar-refractivity contribution in [2.45, 2.75) is 20.8 Å². The van der Waals surface area contributed by atoms with Crippen molar-refractivity contribution in [3.05, 3.63) is 66.0 Å². The molecular formula is C20H19N5. The van der Waals surface area contributed by atoms with Gasteiger partial charge in [-0.3, -0.25) is 0 Å². The Balaban J connectivity index is 1.73. The molecule has 1 aromatic rings.